The van der Waals surface area contributed by atoms with Gasteiger partial charge in [0.2, 0.25) is 19.4 Å². The van der Waals surface area contributed by atoms with Crippen LogP contribution in [0.25, 0.3) is 0 Å². The molecule has 67 heavy (non-hydrogen) atoms. The van der Waals surface area contributed by atoms with Crippen molar-refractivity contribution in [2.75, 3.05) is 26.8 Å². The molecule has 4 aromatic carbocycles. The van der Waals surface area contributed by atoms with Gasteiger partial charge in [-0.25, -0.2) is 0 Å². The lowest BCUT2D eigenvalue weighted by molar-refractivity contribution is -0.220. The van der Waals surface area contributed by atoms with Crippen molar-refractivity contribution in [3.8, 4) is 46.0 Å². The predicted octanol–water partition coefficient (Wildman–Crippen LogP) is 7.72. The number of fused-ring (bicyclic) bond motifs is 5. The third-order valence-corrected chi connectivity index (χ3v) is 13.3. The highest BCUT2D eigenvalue weighted by molar-refractivity contribution is 5.80. The number of aliphatic carboxylic acids is 1. The Morgan fingerprint density at radius 3 is 1.33 bits per heavy atom. The van der Waals surface area contributed by atoms with Crippen LogP contribution in [0.15, 0.2) is 48.5 Å². The zero-order chi connectivity index (χ0) is 49.1. The Morgan fingerprint density at radius 1 is 0.567 bits per heavy atom. The maximum Gasteiger partial charge on any atom is 0.317 e. The van der Waals surface area contributed by atoms with Gasteiger partial charge in [0.15, 0.2) is 29.6 Å². The molecule has 15 heteroatoms. The monoisotopic (exact) mass is 926 g/mol. The highest BCUT2D eigenvalue weighted by Gasteiger charge is 2.60. The minimum Gasteiger partial charge on any atom is -0.507 e. The Hall–Kier alpha value is -5.90. The summed E-state index contributed by atoms with van der Waals surface area (Å²) in [7, 11) is 0. The highest BCUT2D eigenvalue weighted by Crippen LogP contribution is 2.56. The largest absolute Gasteiger partial charge is 0.507 e. The molecule has 0 aliphatic carbocycles. The van der Waals surface area contributed by atoms with Crippen molar-refractivity contribution in [1.82, 2.24) is 0 Å². The number of phenols is 2. The molecule has 0 amide bonds. The topological polar surface area (TPSA) is 220 Å². The minimum absolute atomic E-state index is 0.0110. The van der Waals surface area contributed by atoms with Crippen molar-refractivity contribution in [2.45, 2.75) is 128 Å². The molecule has 9 rings (SSSR count). The van der Waals surface area contributed by atoms with Gasteiger partial charge >= 0.3 is 11.9 Å². The van der Waals surface area contributed by atoms with E-state index in [9.17, 15) is 40.2 Å². The summed E-state index contributed by atoms with van der Waals surface area (Å²) in [5.41, 5.74) is 3.82. The maximum absolute atomic E-state index is 12.9. The first-order valence-electron chi connectivity index (χ1n) is 22.4. The molecule has 5 heterocycles. The summed E-state index contributed by atoms with van der Waals surface area (Å²) < 4.78 is 38.9. The molecule has 0 spiro atoms. The van der Waals surface area contributed by atoms with Gasteiger partial charge in [0.25, 0.3) is 5.79 Å². The third-order valence-electron chi connectivity index (χ3n) is 13.3. The van der Waals surface area contributed by atoms with Crippen LogP contribution in [-0.4, -0.2) is 81.0 Å². The summed E-state index contributed by atoms with van der Waals surface area (Å²) in [6, 6.07) is 14.1. The van der Waals surface area contributed by atoms with Gasteiger partial charge in [-0.3, -0.25) is 9.59 Å². The Labute approximate surface area is 390 Å². The lowest BCUT2D eigenvalue weighted by atomic mass is 9.70. The molecule has 0 radical (unpaired) electrons. The summed E-state index contributed by atoms with van der Waals surface area (Å²) in [5, 5.41) is 65.1. The van der Waals surface area contributed by atoms with Gasteiger partial charge in [-0.15, -0.1) is 0 Å². The van der Waals surface area contributed by atoms with E-state index in [1.807, 2.05) is 101 Å². The van der Waals surface area contributed by atoms with Gasteiger partial charge < -0.3 is 63.8 Å². The number of esters is 1. The molecule has 5 aliphatic rings. The molecular formula is C52H62O15. The number of aliphatic hydroxyl groups is 3. The van der Waals surface area contributed by atoms with E-state index in [0.717, 1.165) is 16.7 Å². The molecule has 1 saturated heterocycles. The fourth-order valence-electron chi connectivity index (χ4n) is 9.80. The molecule has 0 aromatic heterocycles. The van der Waals surface area contributed by atoms with Crippen molar-refractivity contribution in [1.29, 1.82) is 0 Å². The minimum atomic E-state index is -2.38. The number of aliphatic hydroxyl groups excluding tert-OH is 1. The maximum atomic E-state index is 12.9. The number of ether oxygens (including phenoxy) is 7. The molecule has 15 nitrogen and oxygen atoms in total. The Balaban J connectivity index is 0.000000182. The van der Waals surface area contributed by atoms with Crippen LogP contribution in [0.5, 0.6) is 46.0 Å². The number of hydrogen-bond donors (Lipinski definition) is 6. The van der Waals surface area contributed by atoms with E-state index >= 15 is 0 Å². The number of carboxylic acids is 1. The first-order chi connectivity index (χ1) is 31.0. The van der Waals surface area contributed by atoms with E-state index in [1.165, 1.54) is 0 Å². The van der Waals surface area contributed by atoms with E-state index < -0.39 is 64.6 Å². The van der Waals surface area contributed by atoms with Crippen molar-refractivity contribution in [3.05, 3.63) is 93.0 Å². The summed E-state index contributed by atoms with van der Waals surface area (Å²) in [5.74, 6) is -7.03. The normalized spacial score (nSPS) is 24.9. The molecule has 1 fully saturated rings. The van der Waals surface area contributed by atoms with Crippen LogP contribution in [0.4, 0.5) is 0 Å². The number of benzene rings is 4. The van der Waals surface area contributed by atoms with E-state index in [-0.39, 0.29) is 48.3 Å². The number of phenolic OH excluding ortho intramolecular Hbond substituents is 2. The molecule has 0 bridgehead atoms. The van der Waals surface area contributed by atoms with E-state index in [2.05, 4.69) is 0 Å². The second-order valence-corrected chi connectivity index (χ2v) is 22.3. The zero-order valence-corrected chi connectivity index (χ0v) is 40.1. The van der Waals surface area contributed by atoms with Crippen LogP contribution in [0, 0.1) is 11.8 Å². The fourth-order valence-corrected chi connectivity index (χ4v) is 9.80. The summed E-state index contributed by atoms with van der Waals surface area (Å²) in [4.78, 5) is 25.4. The van der Waals surface area contributed by atoms with Crippen molar-refractivity contribution in [3.63, 3.8) is 0 Å². The number of carboxylic acid groups (broad SMARTS) is 1. The first-order valence-corrected chi connectivity index (χ1v) is 22.4. The quantitative estimate of drug-likeness (QED) is 0.108. The second kappa shape index (κ2) is 15.8. The number of carbonyl (C=O) groups excluding carboxylic acids is 1. The summed E-state index contributed by atoms with van der Waals surface area (Å²) >= 11 is 0. The van der Waals surface area contributed by atoms with Gasteiger partial charge in [0.05, 0.1) is 0 Å². The van der Waals surface area contributed by atoms with Gasteiger partial charge in [-0.1, -0.05) is 107 Å². The van der Waals surface area contributed by atoms with E-state index in [0.29, 0.717) is 56.6 Å². The smallest absolute Gasteiger partial charge is 0.317 e. The molecule has 4 aromatic rings. The highest BCUT2D eigenvalue weighted by atomic mass is 16.7. The predicted molar refractivity (Wildman–Crippen MR) is 244 cm³/mol. The number of aromatic hydroxyl groups is 2. The number of cyclic esters (lactones) is 1. The Bertz CT molecular complexity index is 2590. The van der Waals surface area contributed by atoms with E-state index in [4.69, 9.17) is 33.2 Å². The molecule has 6 N–H and O–H groups in total. The standard InChI is InChI=1S/C26H32O8.C26H30O7/c1-24(2,3)15-7-13(8-16(22(15)28)25(4,5)6)20-14-9-18-19(33-12-32-18)10-17(14)34-26(31,11-27)21(20)23(29)30;1-24(2,3)15-7-13(8-16(22(15)27)25(4,5)6)20-14-9-18-19(32-12-31-18)10-17(14)33-26(29)11-30-23(28)21(20)26/h7-10,20-21,27-28,31H,11-12H2,1-6H3,(H,29,30);7-10,20-21,27,29H,11-12H2,1-6H3. The van der Waals surface area contributed by atoms with Crippen LogP contribution in [0.3, 0.4) is 0 Å². The molecular weight excluding hydrogens is 865 g/mol. The van der Waals surface area contributed by atoms with Gasteiger partial charge in [-0.05, 0) is 67.2 Å². The molecule has 360 valence electrons. The van der Waals surface area contributed by atoms with Crippen LogP contribution in [0.2, 0.25) is 0 Å². The zero-order valence-electron chi connectivity index (χ0n) is 40.1. The lowest BCUT2D eigenvalue weighted by Crippen LogP contribution is -2.55. The SMILES string of the molecule is CC(C)(C)c1cc(C2c3cc4c(cc3OC(O)(CO)C2C(=O)O)OCO4)cc(C(C)(C)C)c1O.CC(C)(C)c1cc(C2c3cc4c(cc3OC3(O)COC(=O)C23)OCO4)cc(C(C)(C)C)c1O. The van der Waals surface area contributed by atoms with Crippen LogP contribution in [0.1, 0.15) is 139 Å². The molecule has 6 unspecified atom stereocenters. The fraction of sp³-hybridized carbons (Fsp3) is 0.500. The van der Waals surface area contributed by atoms with Crippen LogP contribution >= 0.6 is 0 Å². The molecule has 6 atom stereocenters. The summed E-state index contributed by atoms with van der Waals surface area (Å²) in [6.07, 6.45) is 0. The van der Waals surface area contributed by atoms with Crippen molar-refractivity contribution < 1.29 is 73.4 Å². The number of hydrogen-bond acceptors (Lipinski definition) is 14. The second-order valence-electron chi connectivity index (χ2n) is 22.3. The lowest BCUT2D eigenvalue weighted by Gasteiger charge is -2.43. The molecule has 0 saturated carbocycles. The average Bonchev–Trinajstić information content (AvgIpc) is 3.94. The molecule has 5 aliphatic heterocycles. The average molecular weight is 927 g/mol. The van der Waals surface area contributed by atoms with Crippen LogP contribution < -0.4 is 28.4 Å². The number of carbonyl (C=O) groups is 2. The summed E-state index contributed by atoms with van der Waals surface area (Å²) in [6.45, 7) is 22.9. The third kappa shape index (κ3) is 8.22. The van der Waals surface area contributed by atoms with Crippen molar-refractivity contribution in [2.24, 2.45) is 11.8 Å². The Morgan fingerprint density at radius 2 is 0.940 bits per heavy atom. The van der Waals surface area contributed by atoms with E-state index in [1.54, 1.807) is 30.3 Å². The van der Waals surface area contributed by atoms with Gasteiger partial charge in [0.1, 0.15) is 41.4 Å². The Kier molecular flexibility index (Phi) is 11.3. The van der Waals surface area contributed by atoms with Crippen LogP contribution in [-0.2, 0) is 36.0 Å². The van der Waals surface area contributed by atoms with Gasteiger partial charge in [-0.2, -0.15) is 0 Å². The number of rotatable bonds is 4. The first kappa shape index (κ1) is 47.6. The van der Waals surface area contributed by atoms with Gasteiger partial charge in [0, 0.05) is 35.1 Å². The van der Waals surface area contributed by atoms with Crippen molar-refractivity contribution >= 4 is 11.9 Å².